The molecule has 0 spiro atoms. The fraction of sp³-hybridized carbons (Fsp3) is 0.500. The molecule has 4 heterocycles. The Bertz CT molecular complexity index is 922. The highest BCUT2D eigenvalue weighted by atomic mass is 32.1. The lowest BCUT2D eigenvalue weighted by atomic mass is 10.0. The molecule has 1 fully saturated rings. The Morgan fingerprint density at radius 1 is 1.36 bits per heavy atom. The number of piperidine rings is 1. The summed E-state index contributed by atoms with van der Waals surface area (Å²) in [7, 11) is 0. The number of fused-ring (bicyclic) bond motifs is 1. The summed E-state index contributed by atoms with van der Waals surface area (Å²) in [5.41, 5.74) is -0.266. The highest BCUT2D eigenvalue weighted by Crippen LogP contribution is 2.31. The topological polar surface area (TPSA) is 103 Å². The van der Waals surface area contributed by atoms with E-state index >= 15 is 0 Å². The summed E-state index contributed by atoms with van der Waals surface area (Å²) in [5, 5.41) is 11.1. The number of anilines is 1. The van der Waals surface area contributed by atoms with Crippen molar-refractivity contribution in [3.05, 3.63) is 33.6 Å². The Kier molecular flexibility index (Phi) is 4.26. The molecule has 0 amide bonds. The van der Waals surface area contributed by atoms with E-state index in [-0.39, 0.29) is 11.7 Å². The normalized spacial score (nSPS) is 17.3. The molecule has 3 N–H and O–H groups in total. The van der Waals surface area contributed by atoms with Crippen LogP contribution >= 0.6 is 11.3 Å². The van der Waals surface area contributed by atoms with Crippen molar-refractivity contribution in [3.8, 4) is 0 Å². The van der Waals surface area contributed by atoms with Crippen molar-refractivity contribution in [2.45, 2.75) is 38.8 Å². The average Bonchev–Trinajstić information content (AvgIpc) is 3.20. The molecule has 9 heteroatoms. The summed E-state index contributed by atoms with van der Waals surface area (Å²) < 4.78 is 0. The van der Waals surface area contributed by atoms with Crippen LogP contribution in [0, 0.1) is 6.92 Å². The molecule has 3 aromatic heterocycles. The van der Waals surface area contributed by atoms with Gasteiger partial charge in [-0.3, -0.25) is 4.98 Å². The largest absolute Gasteiger partial charge is 0.356 e. The van der Waals surface area contributed by atoms with Gasteiger partial charge in [-0.1, -0.05) is 0 Å². The molecule has 0 aromatic carbocycles. The standard InChI is InChI=1S/C16H21N7OS/c1-9-7-12-14(17-8-18-15(12)25-9)23-5-3-11(4-6-23)19-10(2)13-20-16(24)22-21-13/h7-8,10-11,19H,3-6H2,1-2H3,(H2,20,21,22,24)/t10-/m0/s1. The number of hydrogen-bond donors (Lipinski definition) is 3. The lowest BCUT2D eigenvalue weighted by Gasteiger charge is -2.34. The van der Waals surface area contributed by atoms with Crippen LogP contribution in [-0.2, 0) is 0 Å². The third-order valence-corrected chi connectivity index (χ3v) is 5.60. The van der Waals surface area contributed by atoms with Crippen molar-refractivity contribution in [3.63, 3.8) is 0 Å². The molecular formula is C16H21N7OS. The number of nitrogens with zero attached hydrogens (tertiary/aromatic N) is 4. The second-order valence-corrected chi connectivity index (χ2v) is 7.72. The zero-order chi connectivity index (χ0) is 17.4. The first-order valence-electron chi connectivity index (χ1n) is 8.47. The van der Waals surface area contributed by atoms with E-state index in [0.717, 1.165) is 42.0 Å². The van der Waals surface area contributed by atoms with Crippen LogP contribution in [0.4, 0.5) is 5.82 Å². The van der Waals surface area contributed by atoms with Crippen LogP contribution in [0.1, 0.15) is 36.5 Å². The summed E-state index contributed by atoms with van der Waals surface area (Å²) >= 11 is 1.71. The van der Waals surface area contributed by atoms with E-state index in [1.54, 1.807) is 17.7 Å². The molecule has 4 rings (SSSR count). The van der Waals surface area contributed by atoms with E-state index in [4.69, 9.17) is 0 Å². The molecule has 0 saturated carbocycles. The Balaban J connectivity index is 1.41. The molecular weight excluding hydrogens is 338 g/mol. The van der Waals surface area contributed by atoms with Crippen LogP contribution in [0.5, 0.6) is 0 Å². The summed E-state index contributed by atoms with van der Waals surface area (Å²) in [6.07, 6.45) is 3.70. The van der Waals surface area contributed by atoms with Crippen LogP contribution < -0.4 is 15.9 Å². The monoisotopic (exact) mass is 359 g/mol. The van der Waals surface area contributed by atoms with E-state index in [0.29, 0.717) is 11.9 Å². The van der Waals surface area contributed by atoms with Crippen molar-refractivity contribution in [2.75, 3.05) is 18.0 Å². The van der Waals surface area contributed by atoms with Crippen LogP contribution in [0.3, 0.4) is 0 Å². The number of aromatic nitrogens is 5. The molecule has 0 radical (unpaired) electrons. The number of hydrogen-bond acceptors (Lipinski definition) is 7. The zero-order valence-electron chi connectivity index (χ0n) is 14.2. The van der Waals surface area contributed by atoms with Crippen molar-refractivity contribution >= 4 is 27.4 Å². The van der Waals surface area contributed by atoms with Gasteiger partial charge in [0.2, 0.25) is 0 Å². The predicted octanol–water partition coefficient (Wildman–Crippen LogP) is 1.73. The van der Waals surface area contributed by atoms with E-state index < -0.39 is 0 Å². The molecule has 1 saturated heterocycles. The molecule has 0 aliphatic carbocycles. The van der Waals surface area contributed by atoms with Gasteiger partial charge >= 0.3 is 5.69 Å². The third-order valence-electron chi connectivity index (χ3n) is 4.64. The smallest absolute Gasteiger partial charge is 0.340 e. The van der Waals surface area contributed by atoms with Crippen LogP contribution in [0.15, 0.2) is 17.2 Å². The first-order valence-corrected chi connectivity index (χ1v) is 9.28. The van der Waals surface area contributed by atoms with E-state index in [2.05, 4.69) is 48.4 Å². The maximum absolute atomic E-state index is 11.2. The SMILES string of the molecule is Cc1cc2c(N3CCC(N[C@@H](C)c4n[nH]c(=O)[nH]4)CC3)ncnc2s1. The maximum Gasteiger partial charge on any atom is 0.340 e. The quantitative estimate of drug-likeness (QED) is 0.656. The predicted molar refractivity (Wildman–Crippen MR) is 98.1 cm³/mol. The Labute approximate surface area is 148 Å². The highest BCUT2D eigenvalue weighted by Gasteiger charge is 2.24. The Hall–Kier alpha value is -2.26. The van der Waals surface area contributed by atoms with Gasteiger partial charge in [-0.15, -0.1) is 11.3 Å². The van der Waals surface area contributed by atoms with Gasteiger partial charge < -0.3 is 10.2 Å². The number of aryl methyl sites for hydroxylation is 1. The molecule has 8 nitrogen and oxygen atoms in total. The molecule has 0 unspecified atom stereocenters. The van der Waals surface area contributed by atoms with Gasteiger partial charge in [-0.2, -0.15) is 5.10 Å². The first-order chi connectivity index (χ1) is 12.1. The zero-order valence-corrected chi connectivity index (χ0v) is 15.1. The van der Waals surface area contributed by atoms with Gasteiger partial charge in [-0.25, -0.2) is 19.9 Å². The summed E-state index contributed by atoms with van der Waals surface area (Å²) in [6, 6.07) is 2.59. The van der Waals surface area contributed by atoms with Gasteiger partial charge in [-0.05, 0) is 32.8 Å². The minimum absolute atomic E-state index is 0.0146. The van der Waals surface area contributed by atoms with Gasteiger partial charge in [0.1, 0.15) is 22.8 Å². The Morgan fingerprint density at radius 2 is 2.16 bits per heavy atom. The van der Waals surface area contributed by atoms with E-state index in [1.807, 2.05) is 6.92 Å². The molecule has 25 heavy (non-hydrogen) atoms. The fourth-order valence-electron chi connectivity index (χ4n) is 3.39. The lowest BCUT2D eigenvalue weighted by Crippen LogP contribution is -2.43. The number of nitrogens with one attached hydrogen (secondary N) is 3. The maximum atomic E-state index is 11.2. The first kappa shape index (κ1) is 16.2. The van der Waals surface area contributed by atoms with Crippen molar-refractivity contribution < 1.29 is 0 Å². The number of aromatic amines is 2. The second kappa shape index (κ2) is 6.57. The van der Waals surface area contributed by atoms with Crippen molar-refractivity contribution in [1.82, 2.24) is 30.5 Å². The number of rotatable bonds is 4. The van der Waals surface area contributed by atoms with Crippen LogP contribution in [-0.4, -0.2) is 44.3 Å². The second-order valence-electron chi connectivity index (χ2n) is 6.49. The molecule has 1 aliphatic heterocycles. The third kappa shape index (κ3) is 3.29. The average molecular weight is 359 g/mol. The van der Waals surface area contributed by atoms with Gasteiger partial charge in [0.15, 0.2) is 0 Å². The minimum Gasteiger partial charge on any atom is -0.356 e. The van der Waals surface area contributed by atoms with Gasteiger partial charge in [0.05, 0.1) is 11.4 Å². The molecule has 3 aromatic rings. The molecule has 1 atom stereocenters. The highest BCUT2D eigenvalue weighted by molar-refractivity contribution is 7.18. The fourth-order valence-corrected chi connectivity index (χ4v) is 4.24. The van der Waals surface area contributed by atoms with Gasteiger partial charge in [0, 0.05) is 24.0 Å². The van der Waals surface area contributed by atoms with Crippen molar-refractivity contribution in [1.29, 1.82) is 0 Å². The van der Waals surface area contributed by atoms with Crippen molar-refractivity contribution in [2.24, 2.45) is 0 Å². The minimum atomic E-state index is -0.266. The molecule has 132 valence electrons. The summed E-state index contributed by atoms with van der Waals surface area (Å²) in [5.74, 6) is 1.69. The number of H-pyrrole nitrogens is 2. The summed E-state index contributed by atoms with van der Waals surface area (Å²) in [6.45, 7) is 6.01. The Morgan fingerprint density at radius 3 is 2.88 bits per heavy atom. The van der Waals surface area contributed by atoms with Crippen LogP contribution in [0.2, 0.25) is 0 Å². The van der Waals surface area contributed by atoms with E-state index in [9.17, 15) is 4.79 Å². The molecule has 0 bridgehead atoms. The van der Waals surface area contributed by atoms with E-state index in [1.165, 1.54) is 4.88 Å². The van der Waals surface area contributed by atoms with Crippen LogP contribution in [0.25, 0.3) is 10.2 Å². The van der Waals surface area contributed by atoms with Gasteiger partial charge in [0.25, 0.3) is 0 Å². The molecule has 1 aliphatic rings. The summed E-state index contributed by atoms with van der Waals surface area (Å²) in [4.78, 5) is 27.4. The lowest BCUT2D eigenvalue weighted by molar-refractivity contribution is 0.373. The number of thiophene rings is 1.